The molecule has 0 unspecified atom stereocenters. The van der Waals surface area contributed by atoms with Gasteiger partial charge in [-0.05, 0) is 36.4 Å². The predicted octanol–water partition coefficient (Wildman–Crippen LogP) is 3.39. The summed E-state index contributed by atoms with van der Waals surface area (Å²) in [6.45, 7) is 0.395. The van der Waals surface area contributed by atoms with Crippen molar-refractivity contribution in [1.82, 2.24) is 15.0 Å². The third kappa shape index (κ3) is 3.39. The largest absolute Gasteiger partial charge is 0.325 e. The first-order valence-electron chi connectivity index (χ1n) is 6.75. The number of aromatic nitrogens is 3. The summed E-state index contributed by atoms with van der Waals surface area (Å²) in [5.41, 5.74) is 9.03. The van der Waals surface area contributed by atoms with Crippen LogP contribution in [-0.4, -0.2) is 15.0 Å². The third-order valence-electron chi connectivity index (χ3n) is 3.06. The molecule has 0 saturated heterocycles. The summed E-state index contributed by atoms with van der Waals surface area (Å²) in [6, 6.07) is 13.1. The number of hydrogen-bond donors (Lipinski definition) is 2. The Morgan fingerprint density at radius 3 is 2.73 bits per heavy atom. The molecule has 0 atom stereocenters. The van der Waals surface area contributed by atoms with E-state index < -0.39 is 0 Å². The van der Waals surface area contributed by atoms with Crippen molar-refractivity contribution < 1.29 is 0 Å². The number of hydrogen-bond acceptors (Lipinski definition) is 5. The highest BCUT2D eigenvalue weighted by atomic mass is 35.5. The molecular weight excluding hydrogens is 298 g/mol. The Hall–Kier alpha value is -2.50. The SMILES string of the molecule is NCc1cc(-c2ccnc(Nc3cccc(Cl)c3)n2)ccn1. The van der Waals surface area contributed by atoms with Crippen LogP contribution in [0.4, 0.5) is 11.6 Å². The predicted molar refractivity (Wildman–Crippen MR) is 87.9 cm³/mol. The fourth-order valence-corrected chi connectivity index (χ4v) is 2.21. The Bertz CT molecular complexity index is 791. The maximum absolute atomic E-state index is 5.97. The van der Waals surface area contributed by atoms with E-state index >= 15 is 0 Å². The number of nitrogens with zero attached hydrogens (tertiary/aromatic N) is 3. The van der Waals surface area contributed by atoms with E-state index in [1.165, 1.54) is 0 Å². The van der Waals surface area contributed by atoms with Gasteiger partial charge in [-0.3, -0.25) is 4.98 Å². The van der Waals surface area contributed by atoms with Crippen LogP contribution < -0.4 is 11.1 Å². The summed E-state index contributed by atoms with van der Waals surface area (Å²) in [7, 11) is 0. The van der Waals surface area contributed by atoms with Gasteiger partial charge < -0.3 is 11.1 Å². The Morgan fingerprint density at radius 1 is 1.05 bits per heavy atom. The van der Waals surface area contributed by atoms with Gasteiger partial charge in [0, 0.05) is 35.2 Å². The molecule has 2 aromatic heterocycles. The molecule has 0 saturated carbocycles. The van der Waals surface area contributed by atoms with E-state index in [0.717, 1.165) is 22.6 Å². The van der Waals surface area contributed by atoms with Crippen LogP contribution in [0.1, 0.15) is 5.69 Å². The van der Waals surface area contributed by atoms with Crippen LogP contribution in [0.2, 0.25) is 5.02 Å². The van der Waals surface area contributed by atoms with Gasteiger partial charge in [-0.15, -0.1) is 0 Å². The second-order valence-corrected chi connectivity index (χ2v) is 5.08. The lowest BCUT2D eigenvalue weighted by molar-refractivity contribution is 0.990. The van der Waals surface area contributed by atoms with Crippen molar-refractivity contribution in [2.75, 3.05) is 5.32 Å². The molecule has 0 aliphatic heterocycles. The lowest BCUT2D eigenvalue weighted by Crippen LogP contribution is -2.00. The topological polar surface area (TPSA) is 76.7 Å². The monoisotopic (exact) mass is 311 g/mol. The molecule has 0 spiro atoms. The van der Waals surface area contributed by atoms with E-state index in [4.69, 9.17) is 17.3 Å². The Morgan fingerprint density at radius 2 is 1.91 bits per heavy atom. The van der Waals surface area contributed by atoms with Gasteiger partial charge in [-0.25, -0.2) is 9.97 Å². The van der Waals surface area contributed by atoms with Crippen LogP contribution in [0, 0.1) is 0 Å². The highest BCUT2D eigenvalue weighted by molar-refractivity contribution is 6.30. The lowest BCUT2D eigenvalue weighted by Gasteiger charge is -2.07. The van der Waals surface area contributed by atoms with E-state index in [0.29, 0.717) is 17.5 Å². The summed E-state index contributed by atoms with van der Waals surface area (Å²) in [5, 5.41) is 3.79. The summed E-state index contributed by atoms with van der Waals surface area (Å²) in [4.78, 5) is 12.9. The Kier molecular flexibility index (Phi) is 4.27. The zero-order valence-electron chi connectivity index (χ0n) is 11.7. The van der Waals surface area contributed by atoms with Gasteiger partial charge in [-0.1, -0.05) is 17.7 Å². The third-order valence-corrected chi connectivity index (χ3v) is 3.29. The van der Waals surface area contributed by atoms with Gasteiger partial charge in [0.1, 0.15) is 0 Å². The molecular formula is C16H14ClN5. The van der Waals surface area contributed by atoms with Crippen molar-refractivity contribution in [3.05, 3.63) is 65.6 Å². The molecule has 0 radical (unpaired) electrons. The van der Waals surface area contributed by atoms with Crippen LogP contribution in [0.15, 0.2) is 54.9 Å². The second-order valence-electron chi connectivity index (χ2n) is 4.64. The average molecular weight is 312 g/mol. The number of anilines is 2. The molecule has 0 aliphatic rings. The molecule has 0 bridgehead atoms. The Labute approximate surface area is 133 Å². The number of rotatable bonds is 4. The minimum atomic E-state index is 0.395. The standard InChI is InChI=1S/C16H14ClN5/c17-12-2-1-3-13(9-12)21-16-20-7-5-15(22-16)11-4-6-19-14(8-11)10-18/h1-9H,10,18H2,(H,20,21,22). The quantitative estimate of drug-likeness (QED) is 0.772. The highest BCUT2D eigenvalue weighted by Gasteiger charge is 2.04. The summed E-state index contributed by atoms with van der Waals surface area (Å²) in [6.07, 6.45) is 3.43. The Balaban J connectivity index is 1.89. The van der Waals surface area contributed by atoms with Crippen molar-refractivity contribution in [2.24, 2.45) is 5.73 Å². The zero-order chi connectivity index (χ0) is 15.4. The van der Waals surface area contributed by atoms with Crippen LogP contribution in [-0.2, 0) is 6.54 Å². The van der Waals surface area contributed by atoms with Crippen molar-refractivity contribution >= 4 is 23.2 Å². The van der Waals surface area contributed by atoms with Crippen LogP contribution in [0.5, 0.6) is 0 Å². The van der Waals surface area contributed by atoms with E-state index in [2.05, 4.69) is 20.3 Å². The van der Waals surface area contributed by atoms with Gasteiger partial charge >= 0.3 is 0 Å². The first kappa shape index (κ1) is 14.4. The molecule has 110 valence electrons. The van der Waals surface area contributed by atoms with E-state index in [1.54, 1.807) is 12.4 Å². The van der Waals surface area contributed by atoms with Crippen LogP contribution in [0.3, 0.4) is 0 Å². The minimum Gasteiger partial charge on any atom is -0.325 e. The molecule has 0 amide bonds. The molecule has 0 aliphatic carbocycles. The van der Waals surface area contributed by atoms with Crippen molar-refractivity contribution in [2.45, 2.75) is 6.54 Å². The molecule has 5 nitrogen and oxygen atoms in total. The number of benzene rings is 1. The maximum Gasteiger partial charge on any atom is 0.227 e. The summed E-state index contributed by atoms with van der Waals surface area (Å²) < 4.78 is 0. The molecule has 0 fully saturated rings. The summed E-state index contributed by atoms with van der Waals surface area (Å²) in [5.74, 6) is 0.505. The molecule has 3 aromatic rings. The molecule has 3 rings (SSSR count). The van der Waals surface area contributed by atoms with E-state index in [1.807, 2.05) is 42.5 Å². The van der Waals surface area contributed by atoms with Crippen molar-refractivity contribution in [1.29, 1.82) is 0 Å². The van der Waals surface area contributed by atoms with Crippen LogP contribution >= 0.6 is 11.6 Å². The second kappa shape index (κ2) is 6.51. The first-order valence-corrected chi connectivity index (χ1v) is 7.13. The number of halogens is 1. The van der Waals surface area contributed by atoms with Crippen LogP contribution in [0.25, 0.3) is 11.3 Å². The van der Waals surface area contributed by atoms with Gasteiger partial charge in [0.05, 0.1) is 11.4 Å². The molecule has 1 aromatic carbocycles. The first-order chi connectivity index (χ1) is 10.7. The average Bonchev–Trinajstić information content (AvgIpc) is 2.55. The van der Waals surface area contributed by atoms with Crippen molar-refractivity contribution in [3.63, 3.8) is 0 Å². The maximum atomic E-state index is 5.97. The molecule has 3 N–H and O–H groups in total. The van der Waals surface area contributed by atoms with Gasteiger partial charge in [0.25, 0.3) is 0 Å². The zero-order valence-corrected chi connectivity index (χ0v) is 12.5. The van der Waals surface area contributed by atoms with Gasteiger partial charge in [-0.2, -0.15) is 0 Å². The minimum absolute atomic E-state index is 0.395. The number of pyridine rings is 1. The molecule has 22 heavy (non-hydrogen) atoms. The van der Waals surface area contributed by atoms with E-state index in [9.17, 15) is 0 Å². The molecule has 6 heteroatoms. The lowest BCUT2D eigenvalue weighted by atomic mass is 10.1. The van der Waals surface area contributed by atoms with Gasteiger partial charge in [0.15, 0.2) is 0 Å². The van der Waals surface area contributed by atoms with E-state index in [-0.39, 0.29) is 0 Å². The number of nitrogens with two attached hydrogens (primary N) is 1. The molecule has 2 heterocycles. The van der Waals surface area contributed by atoms with Gasteiger partial charge in [0.2, 0.25) is 5.95 Å². The normalized spacial score (nSPS) is 10.5. The fraction of sp³-hybridized carbons (Fsp3) is 0.0625. The highest BCUT2D eigenvalue weighted by Crippen LogP contribution is 2.21. The van der Waals surface area contributed by atoms with Crippen molar-refractivity contribution in [3.8, 4) is 11.3 Å². The fourth-order valence-electron chi connectivity index (χ4n) is 2.02. The smallest absolute Gasteiger partial charge is 0.227 e. The number of nitrogens with one attached hydrogen (secondary N) is 1. The summed E-state index contributed by atoms with van der Waals surface area (Å²) >= 11 is 5.97.